The van der Waals surface area contributed by atoms with Gasteiger partial charge in [-0.05, 0) is 52.9 Å². The van der Waals surface area contributed by atoms with Gasteiger partial charge in [-0.1, -0.05) is 6.07 Å². The highest BCUT2D eigenvalue weighted by Gasteiger charge is 2.10. The zero-order chi connectivity index (χ0) is 10.3. The van der Waals surface area contributed by atoms with Crippen molar-refractivity contribution in [2.75, 3.05) is 6.61 Å². The van der Waals surface area contributed by atoms with E-state index in [1.54, 1.807) is 0 Å². The third kappa shape index (κ3) is 1.51. The minimum Gasteiger partial charge on any atom is -0.489 e. The van der Waals surface area contributed by atoms with Gasteiger partial charge in [0.15, 0.2) is 0 Å². The van der Waals surface area contributed by atoms with Gasteiger partial charge >= 0.3 is 0 Å². The fourth-order valence-electron chi connectivity index (χ4n) is 1.76. The monoisotopic (exact) mass is 309 g/mol. The molecule has 1 aromatic carbocycles. The number of pyridine rings is 1. The van der Waals surface area contributed by atoms with E-state index < -0.39 is 0 Å². The lowest BCUT2D eigenvalue weighted by Crippen LogP contribution is -2.01. The molecular formula is C12H8INO. The van der Waals surface area contributed by atoms with E-state index in [4.69, 9.17) is 4.74 Å². The lowest BCUT2D eigenvalue weighted by atomic mass is 10.1. The molecule has 1 aliphatic rings. The number of hydrogen-bond acceptors (Lipinski definition) is 2. The van der Waals surface area contributed by atoms with E-state index in [-0.39, 0.29) is 0 Å². The molecule has 0 unspecified atom stereocenters. The van der Waals surface area contributed by atoms with Crippen molar-refractivity contribution in [3.05, 3.63) is 39.6 Å². The van der Waals surface area contributed by atoms with Gasteiger partial charge in [-0.25, -0.2) is 4.98 Å². The third-order valence-electron chi connectivity index (χ3n) is 2.45. The molecule has 74 valence electrons. The van der Waals surface area contributed by atoms with Crippen molar-refractivity contribution < 1.29 is 4.74 Å². The summed E-state index contributed by atoms with van der Waals surface area (Å²) in [4.78, 5) is 4.54. The van der Waals surface area contributed by atoms with Crippen LogP contribution < -0.4 is 4.74 Å². The average Bonchev–Trinajstić information content (AvgIpc) is 2.29. The molecule has 0 radical (unpaired) electrons. The smallest absolute Gasteiger partial charge is 0.129 e. The summed E-state index contributed by atoms with van der Waals surface area (Å²) in [5.41, 5.74) is 2.12. The zero-order valence-corrected chi connectivity index (χ0v) is 10.1. The lowest BCUT2D eigenvalue weighted by molar-refractivity contribution is 0.359. The van der Waals surface area contributed by atoms with E-state index in [1.807, 2.05) is 18.2 Å². The van der Waals surface area contributed by atoms with Crippen molar-refractivity contribution in [2.24, 2.45) is 0 Å². The van der Waals surface area contributed by atoms with E-state index in [0.29, 0.717) is 6.61 Å². The first-order valence-electron chi connectivity index (χ1n) is 4.73. The van der Waals surface area contributed by atoms with Crippen molar-refractivity contribution in [3.8, 4) is 5.75 Å². The van der Waals surface area contributed by atoms with Crippen LogP contribution in [-0.4, -0.2) is 11.6 Å². The van der Waals surface area contributed by atoms with Gasteiger partial charge in [0.1, 0.15) is 16.1 Å². The summed E-state index contributed by atoms with van der Waals surface area (Å²) < 4.78 is 6.55. The Morgan fingerprint density at radius 3 is 3.00 bits per heavy atom. The van der Waals surface area contributed by atoms with Crippen molar-refractivity contribution >= 4 is 39.6 Å². The zero-order valence-electron chi connectivity index (χ0n) is 7.90. The summed E-state index contributed by atoms with van der Waals surface area (Å²) in [5.74, 6) is 0.930. The van der Waals surface area contributed by atoms with Crippen molar-refractivity contribution in [2.45, 2.75) is 0 Å². The average molecular weight is 309 g/mol. The quantitative estimate of drug-likeness (QED) is 0.550. The molecule has 0 saturated carbocycles. The number of aromatic nitrogens is 1. The Morgan fingerprint density at radius 2 is 2.07 bits per heavy atom. The highest BCUT2D eigenvalue weighted by atomic mass is 127. The third-order valence-corrected chi connectivity index (χ3v) is 3.05. The van der Waals surface area contributed by atoms with Gasteiger partial charge in [0, 0.05) is 10.9 Å². The number of nitrogens with zero attached hydrogens (tertiary/aromatic N) is 1. The second kappa shape index (κ2) is 3.48. The van der Waals surface area contributed by atoms with E-state index in [2.05, 4.69) is 45.8 Å². The Balaban J connectivity index is 2.41. The summed E-state index contributed by atoms with van der Waals surface area (Å²) >= 11 is 2.23. The fraction of sp³-hybridized carbons (Fsp3) is 0.0833. The molecule has 2 aromatic rings. The van der Waals surface area contributed by atoms with E-state index in [0.717, 1.165) is 25.9 Å². The van der Waals surface area contributed by atoms with Gasteiger partial charge in [0.2, 0.25) is 0 Å². The molecule has 0 N–H and O–H groups in total. The van der Waals surface area contributed by atoms with Crippen molar-refractivity contribution in [1.82, 2.24) is 4.98 Å². The summed E-state index contributed by atoms with van der Waals surface area (Å²) in [6, 6.07) is 8.17. The van der Waals surface area contributed by atoms with E-state index >= 15 is 0 Å². The van der Waals surface area contributed by atoms with Crippen LogP contribution in [0, 0.1) is 3.70 Å². The van der Waals surface area contributed by atoms with Crippen LogP contribution in [0.5, 0.6) is 5.75 Å². The molecular weight excluding hydrogens is 301 g/mol. The number of rotatable bonds is 0. The first-order chi connectivity index (χ1) is 7.34. The Kier molecular flexibility index (Phi) is 2.12. The molecule has 1 aliphatic heterocycles. The maximum Gasteiger partial charge on any atom is 0.129 e. The van der Waals surface area contributed by atoms with Gasteiger partial charge in [-0.15, -0.1) is 0 Å². The van der Waals surface area contributed by atoms with Gasteiger partial charge in [-0.3, -0.25) is 0 Å². The molecule has 3 rings (SSSR count). The Hall–Kier alpha value is -1.10. The molecule has 0 fully saturated rings. The normalized spacial score (nSPS) is 13.7. The summed E-state index contributed by atoms with van der Waals surface area (Å²) in [6.07, 6.45) is 4.10. The summed E-state index contributed by atoms with van der Waals surface area (Å²) in [7, 11) is 0. The molecule has 0 atom stereocenters. The minimum absolute atomic E-state index is 0.655. The predicted octanol–water partition coefficient (Wildman–Crippen LogP) is 3.25. The summed E-state index contributed by atoms with van der Waals surface area (Å²) in [6.45, 7) is 0.655. The predicted molar refractivity (Wildman–Crippen MR) is 69.0 cm³/mol. The minimum atomic E-state index is 0.655. The Bertz CT molecular complexity index is 563. The maximum atomic E-state index is 5.54. The fourth-order valence-corrected chi connectivity index (χ4v) is 2.18. The molecule has 0 amide bonds. The highest BCUT2D eigenvalue weighted by molar-refractivity contribution is 14.1. The van der Waals surface area contributed by atoms with Crippen LogP contribution in [0.4, 0.5) is 0 Å². The standard InChI is InChI=1S/C12H8INO/c13-11-6-4-8-3-5-10-9(12(8)14-11)2-1-7-15-10/h1-6H,7H2. The largest absolute Gasteiger partial charge is 0.489 e. The number of halogens is 1. The second-order valence-corrected chi connectivity index (χ2v) is 4.50. The molecule has 0 saturated heterocycles. The molecule has 0 spiro atoms. The molecule has 0 aliphatic carbocycles. The van der Waals surface area contributed by atoms with Crippen LogP contribution in [0.2, 0.25) is 0 Å². The highest BCUT2D eigenvalue weighted by Crippen LogP contribution is 2.30. The number of ether oxygens (including phenoxy) is 1. The van der Waals surface area contributed by atoms with Gasteiger partial charge < -0.3 is 4.74 Å². The van der Waals surface area contributed by atoms with Crippen LogP contribution in [0.1, 0.15) is 5.56 Å². The van der Waals surface area contributed by atoms with Crippen LogP contribution in [-0.2, 0) is 0 Å². The Labute approximate surface area is 101 Å². The molecule has 0 bridgehead atoms. The number of fused-ring (bicyclic) bond motifs is 3. The van der Waals surface area contributed by atoms with Gasteiger partial charge in [-0.2, -0.15) is 0 Å². The van der Waals surface area contributed by atoms with Crippen molar-refractivity contribution in [3.63, 3.8) is 0 Å². The van der Waals surface area contributed by atoms with E-state index in [9.17, 15) is 0 Å². The molecule has 3 heteroatoms. The van der Waals surface area contributed by atoms with Crippen LogP contribution >= 0.6 is 22.6 Å². The van der Waals surface area contributed by atoms with Crippen LogP contribution in [0.3, 0.4) is 0 Å². The second-order valence-electron chi connectivity index (χ2n) is 3.40. The van der Waals surface area contributed by atoms with Crippen LogP contribution in [0.25, 0.3) is 17.0 Å². The number of hydrogen-bond donors (Lipinski definition) is 0. The topological polar surface area (TPSA) is 22.1 Å². The number of benzene rings is 1. The lowest BCUT2D eigenvalue weighted by Gasteiger charge is -2.13. The van der Waals surface area contributed by atoms with Crippen LogP contribution in [0.15, 0.2) is 30.3 Å². The maximum absolute atomic E-state index is 5.54. The van der Waals surface area contributed by atoms with E-state index in [1.165, 1.54) is 0 Å². The Morgan fingerprint density at radius 1 is 1.20 bits per heavy atom. The molecule has 1 aromatic heterocycles. The SMILES string of the molecule is Ic1ccc2ccc3c(c2n1)C=CCO3. The molecule has 2 nitrogen and oxygen atoms in total. The van der Waals surface area contributed by atoms with Gasteiger partial charge in [0.05, 0.1) is 5.52 Å². The first kappa shape index (κ1) is 9.15. The van der Waals surface area contributed by atoms with Gasteiger partial charge in [0.25, 0.3) is 0 Å². The summed E-state index contributed by atoms with van der Waals surface area (Å²) in [5, 5.41) is 1.16. The van der Waals surface area contributed by atoms with Crippen molar-refractivity contribution in [1.29, 1.82) is 0 Å². The first-order valence-corrected chi connectivity index (χ1v) is 5.81. The molecule has 2 heterocycles. The molecule has 15 heavy (non-hydrogen) atoms.